The van der Waals surface area contributed by atoms with Crippen LogP contribution < -0.4 is 10.1 Å². The Labute approximate surface area is 127 Å². The van der Waals surface area contributed by atoms with Gasteiger partial charge in [0.1, 0.15) is 5.75 Å². The molecule has 3 rings (SSSR count). The third-order valence-electron chi connectivity index (χ3n) is 3.28. The zero-order valence-corrected chi connectivity index (χ0v) is 12.7. The van der Waals surface area contributed by atoms with Crippen molar-refractivity contribution in [3.8, 4) is 11.4 Å². The molecule has 0 spiro atoms. The Kier molecular flexibility index (Phi) is 3.98. The van der Waals surface area contributed by atoms with E-state index in [1.165, 1.54) is 0 Å². The number of rotatable bonds is 5. The fraction of sp³-hybridized carbons (Fsp3) is 0.200. The SMILES string of the molecule is CNC(c1cc(OC)cs1)c1cnnn1-c1ccccc1. The van der Waals surface area contributed by atoms with Crippen molar-refractivity contribution in [1.29, 1.82) is 0 Å². The molecule has 5 nitrogen and oxygen atoms in total. The van der Waals surface area contributed by atoms with E-state index in [4.69, 9.17) is 4.74 Å². The zero-order valence-electron chi connectivity index (χ0n) is 11.9. The summed E-state index contributed by atoms with van der Waals surface area (Å²) in [7, 11) is 3.61. The standard InChI is InChI=1S/C15H16N4OS/c1-16-15(14-8-12(20-2)10-21-14)13-9-17-18-19(13)11-6-4-3-5-7-11/h3-10,15-16H,1-2H3. The van der Waals surface area contributed by atoms with Crippen molar-refractivity contribution in [2.24, 2.45) is 0 Å². The van der Waals surface area contributed by atoms with Crippen LogP contribution in [0.15, 0.2) is 48.0 Å². The Morgan fingerprint density at radius 2 is 2.10 bits per heavy atom. The second-order valence-electron chi connectivity index (χ2n) is 4.52. The van der Waals surface area contributed by atoms with Gasteiger partial charge in [0, 0.05) is 10.3 Å². The lowest BCUT2D eigenvalue weighted by molar-refractivity contribution is 0.416. The van der Waals surface area contributed by atoms with Gasteiger partial charge in [-0.05, 0) is 25.2 Å². The first-order valence-electron chi connectivity index (χ1n) is 6.59. The van der Waals surface area contributed by atoms with Crippen LogP contribution in [0.4, 0.5) is 0 Å². The monoisotopic (exact) mass is 300 g/mol. The van der Waals surface area contributed by atoms with Gasteiger partial charge >= 0.3 is 0 Å². The molecular weight excluding hydrogens is 284 g/mol. The number of nitrogens with one attached hydrogen (secondary N) is 1. The molecule has 1 aromatic carbocycles. The first-order chi connectivity index (χ1) is 10.3. The van der Waals surface area contributed by atoms with E-state index in [0.29, 0.717) is 0 Å². The van der Waals surface area contributed by atoms with Crippen LogP contribution in [0.3, 0.4) is 0 Å². The molecule has 3 aromatic rings. The number of para-hydroxylation sites is 1. The molecule has 1 unspecified atom stereocenters. The van der Waals surface area contributed by atoms with Crippen molar-refractivity contribution in [2.45, 2.75) is 6.04 Å². The Morgan fingerprint density at radius 1 is 1.29 bits per heavy atom. The molecule has 0 aliphatic rings. The highest BCUT2D eigenvalue weighted by molar-refractivity contribution is 7.10. The minimum atomic E-state index is 0.0223. The topological polar surface area (TPSA) is 52.0 Å². The van der Waals surface area contributed by atoms with Gasteiger partial charge < -0.3 is 10.1 Å². The molecule has 0 aliphatic carbocycles. The average Bonchev–Trinajstić information content (AvgIpc) is 3.19. The molecule has 1 N–H and O–H groups in total. The molecule has 2 heterocycles. The van der Waals surface area contributed by atoms with Gasteiger partial charge in [0.25, 0.3) is 0 Å². The summed E-state index contributed by atoms with van der Waals surface area (Å²) in [4.78, 5) is 1.16. The molecule has 2 aromatic heterocycles. The predicted molar refractivity (Wildman–Crippen MR) is 83.1 cm³/mol. The van der Waals surface area contributed by atoms with Crippen molar-refractivity contribution in [3.05, 3.63) is 58.5 Å². The minimum absolute atomic E-state index is 0.0223. The molecule has 0 fully saturated rings. The lowest BCUT2D eigenvalue weighted by Gasteiger charge is -2.15. The van der Waals surface area contributed by atoms with Crippen molar-refractivity contribution in [2.75, 3.05) is 14.2 Å². The Bertz CT molecular complexity index is 707. The van der Waals surface area contributed by atoms with E-state index in [-0.39, 0.29) is 6.04 Å². The fourth-order valence-electron chi connectivity index (χ4n) is 2.24. The van der Waals surface area contributed by atoms with Gasteiger partial charge in [-0.3, -0.25) is 0 Å². The lowest BCUT2D eigenvalue weighted by atomic mass is 10.1. The molecular formula is C15H16N4OS. The number of nitrogens with zero attached hydrogens (tertiary/aromatic N) is 3. The maximum absolute atomic E-state index is 5.27. The molecule has 0 amide bonds. The van der Waals surface area contributed by atoms with Gasteiger partial charge in [-0.1, -0.05) is 23.4 Å². The highest BCUT2D eigenvalue weighted by Gasteiger charge is 2.20. The number of aromatic nitrogens is 3. The summed E-state index contributed by atoms with van der Waals surface area (Å²) in [6, 6.07) is 12.1. The van der Waals surface area contributed by atoms with Crippen LogP contribution in [0, 0.1) is 0 Å². The maximum Gasteiger partial charge on any atom is 0.129 e. The van der Waals surface area contributed by atoms with Crippen molar-refractivity contribution in [3.63, 3.8) is 0 Å². The van der Waals surface area contributed by atoms with E-state index >= 15 is 0 Å². The van der Waals surface area contributed by atoms with Crippen LogP contribution in [-0.4, -0.2) is 29.2 Å². The Hall–Kier alpha value is -2.18. The largest absolute Gasteiger partial charge is 0.496 e. The summed E-state index contributed by atoms with van der Waals surface area (Å²) in [6.07, 6.45) is 1.79. The van der Waals surface area contributed by atoms with E-state index in [0.717, 1.165) is 22.0 Å². The van der Waals surface area contributed by atoms with Crippen LogP contribution in [-0.2, 0) is 0 Å². The minimum Gasteiger partial charge on any atom is -0.496 e. The molecule has 0 saturated carbocycles. The molecule has 21 heavy (non-hydrogen) atoms. The van der Waals surface area contributed by atoms with E-state index in [2.05, 4.69) is 15.6 Å². The van der Waals surface area contributed by atoms with Crippen LogP contribution in [0.1, 0.15) is 16.6 Å². The predicted octanol–water partition coefficient (Wildman–Crippen LogP) is 2.65. The van der Waals surface area contributed by atoms with Crippen LogP contribution >= 0.6 is 11.3 Å². The summed E-state index contributed by atoms with van der Waals surface area (Å²) in [6.45, 7) is 0. The number of hydrogen-bond donors (Lipinski definition) is 1. The van der Waals surface area contributed by atoms with Crippen LogP contribution in [0.2, 0.25) is 0 Å². The molecule has 0 aliphatic heterocycles. The molecule has 0 radical (unpaired) electrons. The number of benzene rings is 1. The second-order valence-corrected chi connectivity index (χ2v) is 5.46. The highest BCUT2D eigenvalue weighted by atomic mass is 32.1. The molecule has 0 bridgehead atoms. The average molecular weight is 300 g/mol. The van der Waals surface area contributed by atoms with Gasteiger partial charge in [0.05, 0.1) is 30.7 Å². The number of thiophene rings is 1. The Morgan fingerprint density at radius 3 is 2.76 bits per heavy atom. The summed E-state index contributed by atoms with van der Waals surface area (Å²) < 4.78 is 7.12. The second kappa shape index (κ2) is 6.07. The van der Waals surface area contributed by atoms with Crippen LogP contribution in [0.5, 0.6) is 5.75 Å². The van der Waals surface area contributed by atoms with Crippen molar-refractivity contribution in [1.82, 2.24) is 20.3 Å². The van der Waals surface area contributed by atoms with E-state index < -0.39 is 0 Å². The smallest absolute Gasteiger partial charge is 0.129 e. The number of ether oxygens (including phenoxy) is 1. The first-order valence-corrected chi connectivity index (χ1v) is 7.47. The summed E-state index contributed by atoms with van der Waals surface area (Å²) in [5, 5.41) is 13.6. The third-order valence-corrected chi connectivity index (χ3v) is 4.25. The summed E-state index contributed by atoms with van der Waals surface area (Å²) in [5.41, 5.74) is 1.99. The van der Waals surface area contributed by atoms with Crippen molar-refractivity contribution < 1.29 is 4.74 Å². The zero-order chi connectivity index (χ0) is 14.7. The summed E-state index contributed by atoms with van der Waals surface area (Å²) >= 11 is 1.65. The van der Waals surface area contributed by atoms with E-state index in [1.54, 1.807) is 24.6 Å². The molecule has 6 heteroatoms. The van der Waals surface area contributed by atoms with E-state index in [9.17, 15) is 0 Å². The number of hydrogen-bond acceptors (Lipinski definition) is 5. The van der Waals surface area contributed by atoms with Gasteiger partial charge in [-0.15, -0.1) is 16.4 Å². The normalized spacial score (nSPS) is 12.3. The quantitative estimate of drug-likeness (QED) is 0.787. The van der Waals surface area contributed by atoms with Gasteiger partial charge in [0.15, 0.2) is 0 Å². The number of methoxy groups -OCH3 is 1. The van der Waals surface area contributed by atoms with Crippen LogP contribution in [0.25, 0.3) is 5.69 Å². The summed E-state index contributed by atoms with van der Waals surface area (Å²) in [5.74, 6) is 0.869. The highest BCUT2D eigenvalue weighted by Crippen LogP contribution is 2.31. The lowest BCUT2D eigenvalue weighted by Crippen LogP contribution is -2.20. The van der Waals surface area contributed by atoms with Gasteiger partial charge in [-0.25, -0.2) is 4.68 Å². The fourth-order valence-corrected chi connectivity index (χ4v) is 3.21. The van der Waals surface area contributed by atoms with Gasteiger partial charge in [-0.2, -0.15) is 0 Å². The first kappa shape index (κ1) is 13.8. The maximum atomic E-state index is 5.27. The third kappa shape index (κ3) is 2.68. The Balaban J connectivity index is 2.01. The molecule has 108 valence electrons. The molecule has 1 atom stereocenters. The van der Waals surface area contributed by atoms with E-state index in [1.807, 2.05) is 53.5 Å². The van der Waals surface area contributed by atoms with Crippen molar-refractivity contribution >= 4 is 11.3 Å². The molecule has 0 saturated heterocycles. The van der Waals surface area contributed by atoms with Gasteiger partial charge in [0.2, 0.25) is 0 Å².